The maximum absolute atomic E-state index is 12.3. The molecule has 0 spiro atoms. The van der Waals surface area contributed by atoms with Crippen molar-refractivity contribution in [2.75, 3.05) is 0 Å². The first kappa shape index (κ1) is 7.40. The Morgan fingerprint density at radius 1 is 1.62 bits per heavy atom. The van der Waals surface area contributed by atoms with Gasteiger partial charge in [-0.15, -0.1) is 0 Å². The van der Waals surface area contributed by atoms with E-state index in [1.807, 2.05) is 0 Å². The van der Waals surface area contributed by atoms with Crippen molar-refractivity contribution in [3.63, 3.8) is 0 Å². The Bertz CT molecular complexity index is 95.1. The molecule has 8 heavy (non-hydrogen) atoms. The van der Waals surface area contributed by atoms with Crippen molar-refractivity contribution in [1.82, 2.24) is 5.32 Å². The summed E-state index contributed by atoms with van der Waals surface area (Å²) in [6, 6.07) is 0. The van der Waals surface area contributed by atoms with Crippen molar-refractivity contribution in [1.29, 1.82) is 0 Å². The number of carbonyl (C=O) groups is 1. The van der Waals surface area contributed by atoms with E-state index in [0.717, 1.165) is 0 Å². The minimum atomic E-state index is -1.58. The highest BCUT2D eigenvalue weighted by molar-refractivity contribution is 5.73. The molecule has 0 atom stereocenters. The van der Waals surface area contributed by atoms with Gasteiger partial charge < -0.3 is 5.32 Å². The van der Waals surface area contributed by atoms with Gasteiger partial charge in [-0.1, -0.05) is 0 Å². The van der Waals surface area contributed by atoms with E-state index in [1.165, 1.54) is 20.8 Å². The Balaban J connectivity index is 3.55. The lowest BCUT2D eigenvalue weighted by molar-refractivity contribution is -0.122. The van der Waals surface area contributed by atoms with Crippen LogP contribution >= 0.6 is 0 Å². The SMILES string of the molecule is CC(=O)NC(C)(C)F. The zero-order valence-electron chi connectivity index (χ0n) is 5.29. The number of carbonyl (C=O) groups excluding carboxylic acids is 1. The molecular weight excluding hydrogens is 109 g/mol. The Hall–Kier alpha value is -0.600. The largest absolute Gasteiger partial charge is 0.325 e. The summed E-state index contributed by atoms with van der Waals surface area (Å²) in [6.45, 7) is 3.85. The molecule has 0 unspecified atom stereocenters. The molecule has 0 saturated carbocycles. The lowest BCUT2D eigenvalue weighted by atomic mass is 10.3. The van der Waals surface area contributed by atoms with Crippen LogP contribution in [0.15, 0.2) is 0 Å². The summed E-state index contributed by atoms with van der Waals surface area (Å²) in [5, 5.41) is 2.08. The van der Waals surface area contributed by atoms with E-state index in [0.29, 0.717) is 0 Å². The van der Waals surface area contributed by atoms with Crippen molar-refractivity contribution in [2.24, 2.45) is 0 Å². The van der Waals surface area contributed by atoms with Crippen LogP contribution in [0.25, 0.3) is 0 Å². The zero-order chi connectivity index (χ0) is 6.78. The van der Waals surface area contributed by atoms with Gasteiger partial charge >= 0.3 is 0 Å². The molecule has 2 nitrogen and oxygen atoms in total. The molecule has 48 valence electrons. The van der Waals surface area contributed by atoms with Gasteiger partial charge in [0.1, 0.15) is 0 Å². The van der Waals surface area contributed by atoms with Gasteiger partial charge in [-0.3, -0.25) is 4.79 Å². The topological polar surface area (TPSA) is 29.1 Å². The first-order valence-corrected chi connectivity index (χ1v) is 2.39. The predicted octanol–water partition coefficient (Wildman–Crippen LogP) is 0.828. The van der Waals surface area contributed by atoms with Crippen molar-refractivity contribution >= 4 is 5.91 Å². The molecule has 0 saturated heterocycles. The lowest BCUT2D eigenvalue weighted by Crippen LogP contribution is -2.37. The Morgan fingerprint density at radius 3 is 2.00 bits per heavy atom. The van der Waals surface area contributed by atoms with Crippen LogP contribution in [0.5, 0.6) is 0 Å². The third-order valence-corrected chi connectivity index (χ3v) is 0.473. The lowest BCUT2D eigenvalue weighted by Gasteiger charge is -2.13. The number of amides is 1. The van der Waals surface area contributed by atoms with E-state index < -0.39 is 5.79 Å². The second-order valence-electron chi connectivity index (χ2n) is 2.15. The fourth-order valence-corrected chi connectivity index (χ4v) is 0.419. The van der Waals surface area contributed by atoms with Crippen LogP contribution < -0.4 is 5.32 Å². The van der Waals surface area contributed by atoms with Gasteiger partial charge in [-0.25, -0.2) is 4.39 Å². The van der Waals surface area contributed by atoms with E-state index in [9.17, 15) is 9.18 Å². The number of halogens is 1. The van der Waals surface area contributed by atoms with Crippen molar-refractivity contribution < 1.29 is 9.18 Å². The quantitative estimate of drug-likeness (QED) is 0.509. The van der Waals surface area contributed by atoms with E-state index >= 15 is 0 Å². The number of hydrogen-bond acceptors (Lipinski definition) is 1. The van der Waals surface area contributed by atoms with Crippen LogP contribution in [0.4, 0.5) is 4.39 Å². The molecule has 1 N–H and O–H groups in total. The maximum Gasteiger partial charge on any atom is 0.219 e. The molecule has 0 rings (SSSR count). The van der Waals surface area contributed by atoms with Gasteiger partial charge in [0.15, 0.2) is 5.79 Å². The smallest absolute Gasteiger partial charge is 0.219 e. The van der Waals surface area contributed by atoms with Gasteiger partial charge in [0.05, 0.1) is 0 Å². The monoisotopic (exact) mass is 119 g/mol. The number of alkyl halides is 1. The molecule has 0 aliphatic carbocycles. The highest BCUT2D eigenvalue weighted by Gasteiger charge is 2.14. The van der Waals surface area contributed by atoms with Crippen LogP contribution in [0.2, 0.25) is 0 Å². The molecular formula is C5H10FNO. The van der Waals surface area contributed by atoms with Gasteiger partial charge in [-0.2, -0.15) is 0 Å². The summed E-state index contributed by atoms with van der Waals surface area (Å²) in [5.41, 5.74) is 0. The van der Waals surface area contributed by atoms with Crippen LogP contribution in [0.3, 0.4) is 0 Å². The highest BCUT2D eigenvalue weighted by atomic mass is 19.1. The summed E-state index contributed by atoms with van der Waals surface area (Å²) in [4.78, 5) is 10.1. The molecule has 1 amide bonds. The minimum Gasteiger partial charge on any atom is -0.325 e. The zero-order valence-corrected chi connectivity index (χ0v) is 5.29. The Morgan fingerprint density at radius 2 is 2.00 bits per heavy atom. The molecule has 0 aliphatic heterocycles. The van der Waals surface area contributed by atoms with Crippen LogP contribution in [0.1, 0.15) is 20.8 Å². The van der Waals surface area contributed by atoms with Crippen LogP contribution in [0, 0.1) is 0 Å². The standard InChI is InChI=1S/C5H10FNO/c1-4(8)7-5(2,3)6/h1-3H3,(H,7,8). The van der Waals surface area contributed by atoms with E-state index in [-0.39, 0.29) is 5.91 Å². The van der Waals surface area contributed by atoms with Gasteiger partial charge in [0, 0.05) is 6.92 Å². The molecule has 3 heteroatoms. The second-order valence-corrected chi connectivity index (χ2v) is 2.15. The minimum absolute atomic E-state index is 0.350. The third kappa shape index (κ3) is 5.40. The Kier molecular flexibility index (Phi) is 1.95. The molecule has 0 heterocycles. The molecule has 0 aliphatic rings. The summed E-state index contributed by atoms with van der Waals surface area (Å²) in [7, 11) is 0. The van der Waals surface area contributed by atoms with Crippen molar-refractivity contribution in [2.45, 2.75) is 26.6 Å². The average molecular weight is 119 g/mol. The van der Waals surface area contributed by atoms with Crippen LogP contribution in [-0.4, -0.2) is 11.7 Å². The van der Waals surface area contributed by atoms with Gasteiger partial charge in [-0.05, 0) is 13.8 Å². The summed E-state index contributed by atoms with van der Waals surface area (Å²) < 4.78 is 12.3. The summed E-state index contributed by atoms with van der Waals surface area (Å²) in [6.07, 6.45) is 0. The number of hydrogen-bond donors (Lipinski definition) is 1. The second kappa shape index (κ2) is 2.11. The molecule has 0 fully saturated rings. The normalized spacial score (nSPS) is 11.0. The summed E-state index contributed by atoms with van der Waals surface area (Å²) in [5.74, 6) is -1.93. The van der Waals surface area contributed by atoms with Crippen molar-refractivity contribution in [3.05, 3.63) is 0 Å². The third-order valence-electron chi connectivity index (χ3n) is 0.473. The van der Waals surface area contributed by atoms with E-state index in [4.69, 9.17) is 0 Å². The van der Waals surface area contributed by atoms with Crippen molar-refractivity contribution in [3.8, 4) is 0 Å². The van der Waals surface area contributed by atoms with E-state index in [2.05, 4.69) is 5.32 Å². The molecule has 0 radical (unpaired) electrons. The van der Waals surface area contributed by atoms with Gasteiger partial charge in [0.25, 0.3) is 0 Å². The molecule has 0 aromatic rings. The molecule has 0 aromatic heterocycles. The Labute approximate surface area is 48.1 Å². The fraction of sp³-hybridized carbons (Fsp3) is 0.800. The highest BCUT2D eigenvalue weighted by Crippen LogP contribution is 2.00. The first-order chi connectivity index (χ1) is 3.42. The van der Waals surface area contributed by atoms with Gasteiger partial charge in [0.2, 0.25) is 5.91 Å². The average Bonchev–Trinajstić information content (AvgIpc) is 1.21. The van der Waals surface area contributed by atoms with Crippen LogP contribution in [-0.2, 0) is 4.79 Å². The first-order valence-electron chi connectivity index (χ1n) is 2.39. The number of nitrogens with one attached hydrogen (secondary N) is 1. The number of rotatable bonds is 1. The summed E-state index contributed by atoms with van der Waals surface area (Å²) >= 11 is 0. The maximum atomic E-state index is 12.3. The fourth-order valence-electron chi connectivity index (χ4n) is 0.419. The molecule has 0 bridgehead atoms. The predicted molar refractivity (Wildman–Crippen MR) is 29.0 cm³/mol. The van der Waals surface area contributed by atoms with E-state index in [1.54, 1.807) is 0 Å². The molecule has 0 aromatic carbocycles.